The highest BCUT2D eigenvalue weighted by atomic mass is 32.2. The molecule has 0 aliphatic carbocycles. The van der Waals surface area contributed by atoms with Crippen LogP contribution in [-0.2, 0) is 10.0 Å². The van der Waals surface area contributed by atoms with Crippen molar-refractivity contribution in [1.82, 2.24) is 0 Å². The molecule has 1 aromatic rings. The van der Waals surface area contributed by atoms with Crippen molar-refractivity contribution in [2.45, 2.75) is 45.4 Å². The van der Waals surface area contributed by atoms with E-state index >= 15 is 0 Å². The Labute approximate surface area is 122 Å². The SMILES string of the molecule is CC(C)c1cccc(OCCCCCCS(N)(=O)=O)c1. The molecule has 0 heterocycles. The molecular formula is C15H25NO3S. The predicted molar refractivity (Wildman–Crippen MR) is 82.5 cm³/mol. The second-order valence-corrected chi connectivity index (χ2v) is 7.09. The van der Waals surface area contributed by atoms with Gasteiger partial charge in [-0.2, -0.15) is 0 Å². The van der Waals surface area contributed by atoms with Crippen LogP contribution < -0.4 is 9.88 Å². The minimum Gasteiger partial charge on any atom is -0.494 e. The van der Waals surface area contributed by atoms with E-state index in [0.717, 1.165) is 25.0 Å². The number of hydrogen-bond acceptors (Lipinski definition) is 3. The molecule has 0 spiro atoms. The van der Waals surface area contributed by atoms with E-state index in [2.05, 4.69) is 26.0 Å². The molecule has 20 heavy (non-hydrogen) atoms. The fraction of sp³-hybridized carbons (Fsp3) is 0.600. The third kappa shape index (κ3) is 7.50. The summed E-state index contributed by atoms with van der Waals surface area (Å²) in [6, 6.07) is 8.15. The average molecular weight is 299 g/mol. The minimum atomic E-state index is -3.30. The lowest BCUT2D eigenvalue weighted by Crippen LogP contribution is -2.16. The van der Waals surface area contributed by atoms with Crippen molar-refractivity contribution in [3.05, 3.63) is 29.8 Å². The predicted octanol–water partition coefficient (Wildman–Crippen LogP) is 3.04. The van der Waals surface area contributed by atoms with Crippen LogP contribution in [0.2, 0.25) is 0 Å². The van der Waals surface area contributed by atoms with E-state index in [1.165, 1.54) is 5.56 Å². The van der Waals surface area contributed by atoms with Crippen LogP contribution in [0.25, 0.3) is 0 Å². The standard InChI is InChI=1S/C15H25NO3S/c1-13(2)14-8-7-9-15(12-14)19-10-5-3-4-6-11-20(16,17)18/h7-9,12-13H,3-6,10-11H2,1-2H3,(H2,16,17,18). The molecule has 1 rings (SSSR count). The highest BCUT2D eigenvalue weighted by molar-refractivity contribution is 7.89. The molecule has 0 atom stereocenters. The van der Waals surface area contributed by atoms with E-state index in [-0.39, 0.29) is 5.75 Å². The summed E-state index contributed by atoms with van der Waals surface area (Å²) in [4.78, 5) is 0. The molecule has 0 unspecified atom stereocenters. The molecule has 0 amide bonds. The van der Waals surface area contributed by atoms with Gasteiger partial charge in [-0.1, -0.05) is 38.8 Å². The summed E-state index contributed by atoms with van der Waals surface area (Å²) in [6.07, 6.45) is 3.38. The molecule has 0 fully saturated rings. The van der Waals surface area contributed by atoms with E-state index in [1.54, 1.807) is 0 Å². The summed E-state index contributed by atoms with van der Waals surface area (Å²) in [5.74, 6) is 1.47. The molecule has 114 valence electrons. The van der Waals surface area contributed by atoms with Crippen LogP contribution in [0.15, 0.2) is 24.3 Å². The maximum Gasteiger partial charge on any atom is 0.209 e. The van der Waals surface area contributed by atoms with E-state index in [1.807, 2.05) is 12.1 Å². The van der Waals surface area contributed by atoms with E-state index < -0.39 is 10.0 Å². The molecule has 0 saturated carbocycles. The number of nitrogens with two attached hydrogens (primary N) is 1. The summed E-state index contributed by atoms with van der Waals surface area (Å²) >= 11 is 0. The molecule has 1 aromatic carbocycles. The topological polar surface area (TPSA) is 69.4 Å². The number of primary sulfonamides is 1. The van der Waals surface area contributed by atoms with Crippen molar-refractivity contribution in [3.8, 4) is 5.75 Å². The van der Waals surface area contributed by atoms with Gasteiger partial charge >= 0.3 is 0 Å². The Bertz CT molecular complexity index is 498. The number of rotatable bonds is 9. The van der Waals surface area contributed by atoms with E-state index in [4.69, 9.17) is 9.88 Å². The minimum absolute atomic E-state index is 0.0737. The second-order valence-electron chi connectivity index (χ2n) is 5.36. The Morgan fingerprint density at radius 3 is 2.50 bits per heavy atom. The van der Waals surface area contributed by atoms with Crippen LogP contribution in [0.5, 0.6) is 5.75 Å². The van der Waals surface area contributed by atoms with E-state index in [0.29, 0.717) is 18.9 Å². The van der Waals surface area contributed by atoms with Crippen molar-refractivity contribution in [2.24, 2.45) is 5.14 Å². The molecule has 0 saturated heterocycles. The average Bonchev–Trinajstić information content (AvgIpc) is 2.36. The monoisotopic (exact) mass is 299 g/mol. The van der Waals surface area contributed by atoms with Gasteiger partial charge < -0.3 is 4.74 Å². The van der Waals surface area contributed by atoms with Gasteiger partial charge in [-0.15, -0.1) is 0 Å². The van der Waals surface area contributed by atoms with Crippen LogP contribution in [0.1, 0.15) is 51.0 Å². The van der Waals surface area contributed by atoms with Gasteiger partial charge in [0.05, 0.1) is 12.4 Å². The normalized spacial score (nSPS) is 11.8. The first kappa shape index (κ1) is 17.0. The lowest BCUT2D eigenvalue weighted by Gasteiger charge is -2.09. The van der Waals surface area contributed by atoms with Gasteiger partial charge in [-0.3, -0.25) is 0 Å². The number of sulfonamides is 1. The number of ether oxygens (including phenoxy) is 1. The molecule has 0 aliphatic heterocycles. The van der Waals surface area contributed by atoms with Gasteiger partial charge in [0.2, 0.25) is 10.0 Å². The lowest BCUT2D eigenvalue weighted by atomic mass is 10.0. The van der Waals surface area contributed by atoms with E-state index in [9.17, 15) is 8.42 Å². The molecular weight excluding hydrogens is 274 g/mol. The van der Waals surface area contributed by atoms with Crippen molar-refractivity contribution in [1.29, 1.82) is 0 Å². The third-order valence-electron chi connectivity index (χ3n) is 3.12. The quantitative estimate of drug-likeness (QED) is 0.712. The Morgan fingerprint density at radius 2 is 1.85 bits per heavy atom. The maximum atomic E-state index is 10.7. The fourth-order valence-corrected chi connectivity index (χ4v) is 2.52. The first-order chi connectivity index (χ1) is 9.38. The van der Waals surface area contributed by atoms with Crippen LogP contribution in [0, 0.1) is 0 Å². The zero-order valence-corrected chi connectivity index (χ0v) is 13.2. The summed E-state index contributed by atoms with van der Waals surface area (Å²) in [7, 11) is -3.30. The van der Waals surface area contributed by atoms with Gasteiger partial charge in [0.1, 0.15) is 5.75 Å². The molecule has 0 aliphatic rings. The zero-order valence-electron chi connectivity index (χ0n) is 12.3. The third-order valence-corrected chi connectivity index (χ3v) is 3.97. The van der Waals surface area contributed by atoms with Gasteiger partial charge in [-0.25, -0.2) is 13.6 Å². The summed E-state index contributed by atoms with van der Waals surface area (Å²) in [5, 5.41) is 4.94. The van der Waals surface area contributed by atoms with Gasteiger partial charge in [0.25, 0.3) is 0 Å². The highest BCUT2D eigenvalue weighted by Crippen LogP contribution is 2.20. The summed E-state index contributed by atoms with van der Waals surface area (Å²) in [6.45, 7) is 4.98. The summed E-state index contributed by atoms with van der Waals surface area (Å²) in [5.41, 5.74) is 1.27. The molecule has 0 radical (unpaired) electrons. The number of benzene rings is 1. The van der Waals surface area contributed by atoms with Crippen molar-refractivity contribution in [3.63, 3.8) is 0 Å². The molecule has 4 nitrogen and oxygen atoms in total. The smallest absolute Gasteiger partial charge is 0.209 e. The van der Waals surface area contributed by atoms with Crippen molar-refractivity contribution < 1.29 is 13.2 Å². The van der Waals surface area contributed by atoms with Crippen LogP contribution in [0.3, 0.4) is 0 Å². The molecule has 2 N–H and O–H groups in total. The first-order valence-corrected chi connectivity index (χ1v) is 8.83. The zero-order chi connectivity index (χ0) is 15.0. The Kier molecular flexibility index (Phi) is 7.02. The Balaban J connectivity index is 2.17. The van der Waals surface area contributed by atoms with Gasteiger partial charge in [0.15, 0.2) is 0 Å². The lowest BCUT2D eigenvalue weighted by molar-refractivity contribution is 0.304. The Hall–Kier alpha value is -1.07. The number of unbranched alkanes of at least 4 members (excludes halogenated alkanes) is 3. The second kappa shape index (κ2) is 8.27. The van der Waals surface area contributed by atoms with Gasteiger partial charge in [-0.05, 0) is 36.5 Å². The van der Waals surface area contributed by atoms with Crippen LogP contribution in [-0.4, -0.2) is 20.8 Å². The molecule has 5 heteroatoms. The van der Waals surface area contributed by atoms with Crippen molar-refractivity contribution >= 4 is 10.0 Å². The fourth-order valence-electron chi connectivity index (χ4n) is 1.91. The molecule has 0 bridgehead atoms. The Morgan fingerprint density at radius 1 is 1.15 bits per heavy atom. The number of hydrogen-bond donors (Lipinski definition) is 1. The van der Waals surface area contributed by atoms with Gasteiger partial charge in [0, 0.05) is 0 Å². The first-order valence-electron chi connectivity index (χ1n) is 7.12. The van der Waals surface area contributed by atoms with Crippen LogP contribution >= 0.6 is 0 Å². The summed E-state index contributed by atoms with van der Waals surface area (Å²) < 4.78 is 27.2. The van der Waals surface area contributed by atoms with Crippen LogP contribution in [0.4, 0.5) is 0 Å². The molecule has 0 aromatic heterocycles. The maximum absolute atomic E-state index is 10.7. The largest absolute Gasteiger partial charge is 0.494 e. The highest BCUT2D eigenvalue weighted by Gasteiger charge is 2.02. The van der Waals surface area contributed by atoms with Crippen molar-refractivity contribution in [2.75, 3.05) is 12.4 Å².